The predicted molar refractivity (Wildman–Crippen MR) is 89.8 cm³/mol. The van der Waals surface area contributed by atoms with E-state index in [9.17, 15) is 19.1 Å². The number of amides is 2. The van der Waals surface area contributed by atoms with Crippen LogP contribution in [-0.2, 0) is 16.1 Å². The van der Waals surface area contributed by atoms with E-state index in [1.807, 2.05) is 0 Å². The monoisotopic (exact) mass is 349 g/mol. The summed E-state index contributed by atoms with van der Waals surface area (Å²) in [7, 11) is 0. The number of piperidine rings is 1. The fourth-order valence-corrected chi connectivity index (χ4v) is 3.67. The number of rotatable bonds is 4. The second-order valence-corrected chi connectivity index (χ2v) is 6.98. The van der Waals surface area contributed by atoms with Gasteiger partial charge in [-0.3, -0.25) is 14.5 Å². The first-order chi connectivity index (χ1) is 11.9. The molecule has 3 N–H and O–H groups in total. The molecule has 1 unspecified atom stereocenters. The van der Waals surface area contributed by atoms with Crippen LogP contribution in [0.4, 0.5) is 4.39 Å². The molecule has 2 heterocycles. The summed E-state index contributed by atoms with van der Waals surface area (Å²) in [5.41, 5.74) is 4.71. The SMILES string of the molecule is NC(=O)C1(O)CCN(C(=O)C2CCCN2Cc2ccc(F)cc2)CC1. The normalized spacial score (nSPS) is 23.6. The first kappa shape index (κ1) is 17.8. The Morgan fingerprint density at radius 2 is 1.84 bits per heavy atom. The molecular weight excluding hydrogens is 325 g/mol. The first-order valence-corrected chi connectivity index (χ1v) is 8.69. The molecule has 2 fully saturated rings. The van der Waals surface area contributed by atoms with Crippen molar-refractivity contribution < 1.29 is 19.1 Å². The number of nitrogens with zero attached hydrogens (tertiary/aromatic N) is 2. The van der Waals surface area contributed by atoms with Gasteiger partial charge in [-0.15, -0.1) is 0 Å². The number of carbonyl (C=O) groups excluding carboxylic acids is 2. The molecule has 0 aliphatic carbocycles. The molecule has 136 valence electrons. The van der Waals surface area contributed by atoms with E-state index >= 15 is 0 Å². The van der Waals surface area contributed by atoms with Crippen molar-refractivity contribution in [2.75, 3.05) is 19.6 Å². The van der Waals surface area contributed by atoms with Gasteiger partial charge >= 0.3 is 0 Å². The second kappa shape index (κ2) is 7.09. The van der Waals surface area contributed by atoms with Gasteiger partial charge in [-0.05, 0) is 37.1 Å². The maximum Gasteiger partial charge on any atom is 0.249 e. The van der Waals surface area contributed by atoms with E-state index in [2.05, 4.69) is 4.90 Å². The summed E-state index contributed by atoms with van der Waals surface area (Å²) in [5, 5.41) is 10.1. The van der Waals surface area contributed by atoms with Crippen molar-refractivity contribution in [3.05, 3.63) is 35.6 Å². The summed E-state index contributed by atoms with van der Waals surface area (Å²) in [6, 6.07) is 6.13. The minimum Gasteiger partial charge on any atom is -0.380 e. The molecule has 2 aliphatic heterocycles. The third kappa shape index (κ3) is 3.82. The van der Waals surface area contributed by atoms with Gasteiger partial charge in [-0.25, -0.2) is 4.39 Å². The summed E-state index contributed by atoms with van der Waals surface area (Å²) in [6.07, 6.45) is 2.09. The number of hydrogen-bond donors (Lipinski definition) is 2. The van der Waals surface area contributed by atoms with Gasteiger partial charge in [0.15, 0.2) is 0 Å². The molecule has 3 rings (SSSR count). The molecular formula is C18H24FN3O3. The van der Waals surface area contributed by atoms with Crippen LogP contribution in [0, 0.1) is 5.82 Å². The van der Waals surface area contributed by atoms with E-state index in [1.54, 1.807) is 17.0 Å². The Morgan fingerprint density at radius 3 is 2.44 bits per heavy atom. The topological polar surface area (TPSA) is 86.9 Å². The molecule has 1 aromatic rings. The Morgan fingerprint density at radius 1 is 1.20 bits per heavy atom. The van der Waals surface area contributed by atoms with Gasteiger partial charge in [0.05, 0.1) is 6.04 Å². The number of likely N-dealkylation sites (tertiary alicyclic amines) is 2. The second-order valence-electron chi connectivity index (χ2n) is 6.98. The van der Waals surface area contributed by atoms with Gasteiger partial charge in [0.25, 0.3) is 0 Å². The Hall–Kier alpha value is -1.99. The number of aliphatic hydroxyl groups is 1. The number of hydrogen-bond acceptors (Lipinski definition) is 4. The maximum absolute atomic E-state index is 13.0. The van der Waals surface area contributed by atoms with Gasteiger partial charge in [-0.2, -0.15) is 0 Å². The molecule has 7 heteroatoms. The summed E-state index contributed by atoms with van der Waals surface area (Å²) >= 11 is 0. The third-order valence-corrected chi connectivity index (χ3v) is 5.31. The van der Waals surface area contributed by atoms with E-state index in [0.717, 1.165) is 24.9 Å². The van der Waals surface area contributed by atoms with Crippen LogP contribution in [0.25, 0.3) is 0 Å². The van der Waals surface area contributed by atoms with Crippen molar-refractivity contribution in [2.24, 2.45) is 5.73 Å². The van der Waals surface area contributed by atoms with Gasteiger partial charge < -0.3 is 15.7 Å². The van der Waals surface area contributed by atoms with Crippen molar-refractivity contribution in [3.8, 4) is 0 Å². The highest BCUT2D eigenvalue weighted by molar-refractivity contribution is 5.85. The van der Waals surface area contributed by atoms with Crippen LogP contribution in [-0.4, -0.2) is 58.0 Å². The minimum absolute atomic E-state index is 0.0335. The highest BCUT2D eigenvalue weighted by Gasteiger charge is 2.41. The number of nitrogens with two attached hydrogens (primary N) is 1. The first-order valence-electron chi connectivity index (χ1n) is 8.69. The number of carbonyl (C=O) groups is 2. The van der Waals surface area contributed by atoms with E-state index in [1.165, 1.54) is 12.1 Å². The van der Waals surface area contributed by atoms with E-state index in [-0.39, 0.29) is 30.6 Å². The van der Waals surface area contributed by atoms with Crippen molar-refractivity contribution in [1.82, 2.24) is 9.80 Å². The quantitative estimate of drug-likeness (QED) is 0.835. The number of primary amides is 1. The molecule has 0 aromatic heterocycles. The zero-order chi connectivity index (χ0) is 18.0. The van der Waals surface area contributed by atoms with E-state index in [0.29, 0.717) is 19.6 Å². The summed E-state index contributed by atoms with van der Waals surface area (Å²) < 4.78 is 13.0. The molecule has 1 aromatic carbocycles. The summed E-state index contributed by atoms with van der Waals surface area (Å²) in [5.74, 6) is -0.961. The number of benzene rings is 1. The Bertz CT molecular complexity index is 641. The predicted octanol–water partition coefficient (Wildman–Crippen LogP) is 0.629. The standard InChI is InChI=1S/C18H24FN3O3/c19-14-5-3-13(4-6-14)12-22-9-1-2-15(22)16(23)21-10-7-18(25,8-11-21)17(20)24/h3-6,15,25H,1-2,7-12H2,(H2,20,24). The van der Waals surface area contributed by atoms with Crippen LogP contribution in [0.5, 0.6) is 0 Å². The van der Waals surface area contributed by atoms with E-state index < -0.39 is 11.5 Å². The van der Waals surface area contributed by atoms with Gasteiger partial charge in [0.2, 0.25) is 11.8 Å². The zero-order valence-corrected chi connectivity index (χ0v) is 14.2. The Labute approximate surface area is 146 Å². The highest BCUT2D eigenvalue weighted by Crippen LogP contribution is 2.26. The molecule has 2 saturated heterocycles. The molecule has 0 radical (unpaired) electrons. The van der Waals surface area contributed by atoms with Gasteiger partial charge in [0, 0.05) is 32.5 Å². The zero-order valence-electron chi connectivity index (χ0n) is 14.2. The molecule has 0 bridgehead atoms. The van der Waals surface area contributed by atoms with Crippen LogP contribution >= 0.6 is 0 Å². The molecule has 1 atom stereocenters. The molecule has 0 saturated carbocycles. The van der Waals surface area contributed by atoms with Crippen LogP contribution in [0.3, 0.4) is 0 Å². The lowest BCUT2D eigenvalue weighted by Crippen LogP contribution is -2.55. The van der Waals surface area contributed by atoms with Crippen LogP contribution in [0.1, 0.15) is 31.2 Å². The van der Waals surface area contributed by atoms with Crippen LogP contribution in [0.15, 0.2) is 24.3 Å². The lowest BCUT2D eigenvalue weighted by molar-refractivity contribution is -0.149. The molecule has 6 nitrogen and oxygen atoms in total. The van der Waals surface area contributed by atoms with Crippen molar-refractivity contribution in [3.63, 3.8) is 0 Å². The minimum atomic E-state index is -1.50. The lowest BCUT2D eigenvalue weighted by atomic mass is 9.90. The summed E-state index contributed by atoms with van der Waals surface area (Å²) in [6.45, 7) is 2.10. The van der Waals surface area contributed by atoms with Crippen LogP contribution < -0.4 is 5.73 Å². The van der Waals surface area contributed by atoms with Crippen molar-refractivity contribution >= 4 is 11.8 Å². The molecule has 0 spiro atoms. The average Bonchev–Trinajstić information content (AvgIpc) is 3.05. The average molecular weight is 349 g/mol. The summed E-state index contributed by atoms with van der Waals surface area (Å²) in [4.78, 5) is 28.0. The maximum atomic E-state index is 13.0. The van der Waals surface area contributed by atoms with Crippen molar-refractivity contribution in [2.45, 2.75) is 43.9 Å². The third-order valence-electron chi connectivity index (χ3n) is 5.31. The Balaban J connectivity index is 1.61. The number of halogens is 1. The highest BCUT2D eigenvalue weighted by atomic mass is 19.1. The smallest absolute Gasteiger partial charge is 0.249 e. The molecule has 25 heavy (non-hydrogen) atoms. The fourth-order valence-electron chi connectivity index (χ4n) is 3.67. The molecule has 2 amide bonds. The van der Waals surface area contributed by atoms with Crippen LogP contribution in [0.2, 0.25) is 0 Å². The fraction of sp³-hybridized carbons (Fsp3) is 0.556. The van der Waals surface area contributed by atoms with Gasteiger partial charge in [0.1, 0.15) is 11.4 Å². The Kier molecular flexibility index (Phi) is 5.06. The molecule has 2 aliphatic rings. The van der Waals surface area contributed by atoms with E-state index in [4.69, 9.17) is 5.73 Å². The van der Waals surface area contributed by atoms with Gasteiger partial charge in [-0.1, -0.05) is 12.1 Å². The largest absolute Gasteiger partial charge is 0.380 e. The van der Waals surface area contributed by atoms with Crippen molar-refractivity contribution in [1.29, 1.82) is 0 Å². The lowest BCUT2D eigenvalue weighted by Gasteiger charge is -2.38.